The van der Waals surface area contributed by atoms with Gasteiger partial charge in [0.1, 0.15) is 5.69 Å². The van der Waals surface area contributed by atoms with Gasteiger partial charge in [0.15, 0.2) is 5.11 Å². The Bertz CT molecular complexity index is 1150. The van der Waals surface area contributed by atoms with Crippen molar-refractivity contribution in [3.63, 3.8) is 0 Å². The first kappa shape index (κ1) is 21.6. The van der Waals surface area contributed by atoms with E-state index in [1.54, 1.807) is 15.6 Å². The normalized spacial score (nSPS) is 11.4. The van der Waals surface area contributed by atoms with E-state index in [4.69, 9.17) is 12.2 Å². The lowest BCUT2D eigenvalue weighted by molar-refractivity contribution is 0.574. The number of hydrazone groups is 1. The summed E-state index contributed by atoms with van der Waals surface area (Å²) in [5.74, 6) is 0. The number of rotatable bonds is 5. The van der Waals surface area contributed by atoms with E-state index in [0.717, 1.165) is 22.6 Å². The van der Waals surface area contributed by atoms with Crippen molar-refractivity contribution < 1.29 is 0 Å². The Kier molecular flexibility index (Phi) is 6.26. The quantitative estimate of drug-likeness (QED) is 0.371. The van der Waals surface area contributed by atoms with Gasteiger partial charge in [-0.25, -0.2) is 4.68 Å². The van der Waals surface area contributed by atoms with Crippen LogP contribution in [0.2, 0.25) is 0 Å². The van der Waals surface area contributed by atoms with Gasteiger partial charge in [-0.2, -0.15) is 5.10 Å². The number of benzene rings is 1. The number of hydrogen-bond donors (Lipinski definition) is 2. The van der Waals surface area contributed by atoms with Gasteiger partial charge < -0.3 is 9.88 Å². The molecule has 2 aromatic heterocycles. The molecule has 0 aliphatic carbocycles. The Morgan fingerprint density at radius 2 is 1.80 bits per heavy atom. The molecule has 0 saturated heterocycles. The number of anilines is 1. The van der Waals surface area contributed by atoms with E-state index in [9.17, 15) is 4.79 Å². The van der Waals surface area contributed by atoms with Crippen LogP contribution < -0.4 is 16.3 Å². The number of nitrogens with zero attached hydrogens (tertiary/aromatic N) is 4. The van der Waals surface area contributed by atoms with Crippen LogP contribution in [0.25, 0.3) is 5.69 Å². The molecule has 0 atom stereocenters. The minimum absolute atomic E-state index is 0.171. The van der Waals surface area contributed by atoms with Crippen LogP contribution in [-0.2, 0) is 7.05 Å². The Labute approximate surface area is 182 Å². The van der Waals surface area contributed by atoms with Crippen molar-refractivity contribution >= 4 is 29.2 Å². The number of thiocarbonyl (C=S) groups is 1. The van der Waals surface area contributed by atoms with Crippen molar-refractivity contribution in [2.45, 2.75) is 40.7 Å². The Morgan fingerprint density at radius 1 is 1.13 bits per heavy atom. The Morgan fingerprint density at radius 3 is 2.40 bits per heavy atom. The number of hydrogen-bond acceptors (Lipinski definition) is 3. The summed E-state index contributed by atoms with van der Waals surface area (Å²) in [4.78, 5) is 12.9. The summed E-state index contributed by atoms with van der Waals surface area (Å²) >= 11 is 5.35. The number of para-hydroxylation sites is 1. The van der Waals surface area contributed by atoms with Crippen LogP contribution in [0.1, 0.15) is 42.5 Å². The molecule has 0 saturated carbocycles. The second-order valence-electron chi connectivity index (χ2n) is 7.55. The van der Waals surface area contributed by atoms with Crippen molar-refractivity contribution in [2.75, 3.05) is 5.32 Å². The second kappa shape index (κ2) is 8.71. The molecule has 30 heavy (non-hydrogen) atoms. The summed E-state index contributed by atoms with van der Waals surface area (Å²) in [6.07, 6.45) is 1.75. The predicted molar refractivity (Wildman–Crippen MR) is 127 cm³/mol. The molecule has 0 bridgehead atoms. The minimum Gasteiger partial charge on any atom is -0.346 e. The molecule has 0 amide bonds. The molecule has 3 rings (SSSR count). The monoisotopic (exact) mass is 424 g/mol. The molecular formula is C22H28N6OS. The van der Waals surface area contributed by atoms with E-state index < -0.39 is 0 Å². The SMILES string of the molecule is Cc1cc(/C=N\NC(=S)Nc2c(C)n(C)n(-c3ccccc3)c2=O)c(C)n1C(C)C. The maximum atomic E-state index is 12.9. The van der Waals surface area contributed by atoms with Crippen LogP contribution in [0.5, 0.6) is 0 Å². The molecule has 0 spiro atoms. The maximum absolute atomic E-state index is 12.9. The molecule has 8 heteroatoms. The first-order valence-corrected chi connectivity index (χ1v) is 10.3. The summed E-state index contributed by atoms with van der Waals surface area (Å²) in [6, 6.07) is 12.0. The highest BCUT2D eigenvalue weighted by Crippen LogP contribution is 2.18. The van der Waals surface area contributed by atoms with Gasteiger partial charge >= 0.3 is 0 Å². The van der Waals surface area contributed by atoms with Gasteiger partial charge in [0.05, 0.1) is 17.6 Å². The topological polar surface area (TPSA) is 68.3 Å². The van der Waals surface area contributed by atoms with Crippen molar-refractivity contribution in [1.29, 1.82) is 0 Å². The molecule has 1 aromatic carbocycles. The van der Waals surface area contributed by atoms with Gasteiger partial charge in [-0.05, 0) is 65.0 Å². The third kappa shape index (κ3) is 4.09. The fraction of sp³-hybridized carbons (Fsp3) is 0.318. The third-order valence-corrected chi connectivity index (χ3v) is 5.40. The molecule has 0 radical (unpaired) electrons. The van der Waals surface area contributed by atoms with Gasteiger partial charge in [-0.1, -0.05) is 18.2 Å². The van der Waals surface area contributed by atoms with E-state index >= 15 is 0 Å². The molecule has 0 aliphatic rings. The lowest BCUT2D eigenvalue weighted by atomic mass is 10.2. The first-order valence-electron chi connectivity index (χ1n) is 9.84. The number of aryl methyl sites for hydroxylation is 1. The number of aromatic nitrogens is 3. The molecular weight excluding hydrogens is 396 g/mol. The van der Waals surface area contributed by atoms with Gasteiger partial charge in [0.25, 0.3) is 5.56 Å². The molecule has 158 valence electrons. The summed E-state index contributed by atoms with van der Waals surface area (Å²) in [5, 5.41) is 7.50. The van der Waals surface area contributed by atoms with Crippen LogP contribution in [-0.4, -0.2) is 25.3 Å². The highest BCUT2D eigenvalue weighted by atomic mass is 32.1. The third-order valence-electron chi connectivity index (χ3n) is 5.20. The van der Waals surface area contributed by atoms with Gasteiger partial charge in [-0.3, -0.25) is 14.9 Å². The van der Waals surface area contributed by atoms with E-state index in [1.165, 1.54) is 5.69 Å². The van der Waals surface area contributed by atoms with Gasteiger partial charge in [0.2, 0.25) is 0 Å². The fourth-order valence-corrected chi connectivity index (χ4v) is 3.90. The van der Waals surface area contributed by atoms with E-state index in [-0.39, 0.29) is 10.7 Å². The Balaban J connectivity index is 1.76. The van der Waals surface area contributed by atoms with Crippen LogP contribution in [0.15, 0.2) is 46.3 Å². The Hall–Kier alpha value is -3.13. The zero-order chi connectivity index (χ0) is 22.0. The standard InChI is InChI=1S/C22H28N6OS/c1-14(2)27-15(3)12-18(16(27)4)13-23-25-22(30)24-20-17(5)26(6)28(21(20)29)19-10-8-7-9-11-19/h7-14H,1-6H3,(H2,24,25,30)/b23-13-. The average Bonchev–Trinajstić information content (AvgIpc) is 3.09. The van der Waals surface area contributed by atoms with Crippen LogP contribution in [0, 0.1) is 20.8 Å². The molecule has 2 heterocycles. The smallest absolute Gasteiger partial charge is 0.295 e. The van der Waals surface area contributed by atoms with E-state index in [0.29, 0.717) is 11.7 Å². The van der Waals surface area contributed by atoms with Crippen LogP contribution in [0.3, 0.4) is 0 Å². The van der Waals surface area contributed by atoms with Gasteiger partial charge in [-0.15, -0.1) is 0 Å². The maximum Gasteiger partial charge on any atom is 0.295 e. The largest absolute Gasteiger partial charge is 0.346 e. The summed E-state index contributed by atoms with van der Waals surface area (Å²) in [6.45, 7) is 10.3. The predicted octanol–water partition coefficient (Wildman–Crippen LogP) is 3.80. The zero-order valence-corrected chi connectivity index (χ0v) is 19.0. The summed E-state index contributed by atoms with van der Waals surface area (Å²) < 4.78 is 5.66. The first-order chi connectivity index (χ1) is 14.2. The fourth-order valence-electron chi connectivity index (χ4n) is 3.74. The van der Waals surface area contributed by atoms with Gasteiger partial charge in [0, 0.05) is 30.0 Å². The molecule has 3 aromatic rings. The molecule has 0 fully saturated rings. The highest BCUT2D eigenvalue weighted by molar-refractivity contribution is 7.80. The van der Waals surface area contributed by atoms with Crippen LogP contribution in [0.4, 0.5) is 5.69 Å². The zero-order valence-electron chi connectivity index (χ0n) is 18.2. The lowest BCUT2D eigenvalue weighted by Crippen LogP contribution is -2.28. The van der Waals surface area contributed by atoms with E-state index in [2.05, 4.69) is 54.2 Å². The average molecular weight is 425 g/mol. The molecule has 2 N–H and O–H groups in total. The molecule has 0 aliphatic heterocycles. The van der Waals surface area contributed by atoms with Crippen LogP contribution >= 0.6 is 12.2 Å². The minimum atomic E-state index is -0.171. The summed E-state index contributed by atoms with van der Waals surface area (Å²) in [7, 11) is 1.84. The molecule has 0 unspecified atom stereocenters. The van der Waals surface area contributed by atoms with Crippen molar-refractivity contribution in [1.82, 2.24) is 19.4 Å². The van der Waals surface area contributed by atoms with Crippen molar-refractivity contribution in [2.24, 2.45) is 12.1 Å². The highest BCUT2D eigenvalue weighted by Gasteiger charge is 2.17. The lowest BCUT2D eigenvalue weighted by Gasteiger charge is -2.13. The summed E-state index contributed by atoms with van der Waals surface area (Å²) in [5.41, 5.74) is 7.99. The van der Waals surface area contributed by atoms with E-state index in [1.807, 2.05) is 44.3 Å². The second-order valence-corrected chi connectivity index (χ2v) is 7.96. The molecule has 7 nitrogen and oxygen atoms in total. The van der Waals surface area contributed by atoms with Crippen molar-refractivity contribution in [3.05, 3.63) is 69.4 Å². The van der Waals surface area contributed by atoms with Crippen molar-refractivity contribution in [3.8, 4) is 5.69 Å². The number of nitrogens with one attached hydrogen (secondary N) is 2.